The van der Waals surface area contributed by atoms with Crippen molar-refractivity contribution in [1.82, 2.24) is 5.32 Å². The molecule has 3 N–H and O–H groups in total. The Hall–Kier alpha value is -4.05. The monoisotopic (exact) mass is 580 g/mol. The molecule has 0 bridgehead atoms. The van der Waals surface area contributed by atoms with Crippen molar-refractivity contribution in [1.29, 1.82) is 0 Å². The van der Waals surface area contributed by atoms with Crippen LogP contribution in [0.5, 0.6) is 0 Å². The summed E-state index contributed by atoms with van der Waals surface area (Å²) in [5.74, 6) is 0.287. The molecule has 3 aromatic carbocycles. The number of nitrogens with zero attached hydrogens (tertiary/aromatic N) is 1. The Bertz CT molecular complexity index is 1370. The molecule has 3 amide bonds. The van der Waals surface area contributed by atoms with Gasteiger partial charge in [0.05, 0.1) is 17.2 Å². The van der Waals surface area contributed by atoms with Crippen molar-refractivity contribution in [2.45, 2.75) is 44.4 Å². The van der Waals surface area contributed by atoms with Crippen LogP contribution >= 0.6 is 0 Å². The second-order valence-electron chi connectivity index (χ2n) is 10.9. The Kier molecular flexibility index (Phi) is 9.31. The fraction of sp³-hybridized carbons (Fsp3) is 0.375. The second-order valence-corrected chi connectivity index (χ2v) is 10.9. The number of rotatable bonds is 8. The number of hydrogen-bond acceptors (Lipinski definition) is 4. The van der Waals surface area contributed by atoms with Crippen LogP contribution in [-0.2, 0) is 17.3 Å². The molecule has 3 aromatic rings. The Morgan fingerprint density at radius 1 is 0.881 bits per heavy atom. The third kappa shape index (κ3) is 7.82. The van der Waals surface area contributed by atoms with Crippen LogP contribution in [-0.4, -0.2) is 44.3 Å². The van der Waals surface area contributed by atoms with Crippen molar-refractivity contribution >= 4 is 29.0 Å². The van der Waals surface area contributed by atoms with Crippen molar-refractivity contribution in [3.63, 3.8) is 0 Å². The number of carbonyl (C=O) groups is 2. The molecule has 0 saturated carbocycles. The van der Waals surface area contributed by atoms with Gasteiger partial charge in [0.15, 0.2) is 0 Å². The van der Waals surface area contributed by atoms with E-state index in [4.69, 9.17) is 4.74 Å². The van der Waals surface area contributed by atoms with Gasteiger partial charge in [0.25, 0.3) is 5.91 Å². The first kappa shape index (κ1) is 29.4. The van der Waals surface area contributed by atoms with Gasteiger partial charge in [0, 0.05) is 43.3 Å². The predicted octanol–water partition coefficient (Wildman–Crippen LogP) is 6.72. The summed E-state index contributed by atoms with van der Waals surface area (Å²) in [6.07, 6.45) is 0.310. The van der Waals surface area contributed by atoms with E-state index in [0.29, 0.717) is 30.3 Å². The first-order valence-electron chi connectivity index (χ1n) is 14.3. The van der Waals surface area contributed by atoms with Crippen LogP contribution in [0, 0.1) is 5.92 Å². The minimum atomic E-state index is -4.52. The van der Waals surface area contributed by atoms with E-state index in [0.717, 1.165) is 63.0 Å². The summed E-state index contributed by atoms with van der Waals surface area (Å²) in [7, 11) is 0. The lowest BCUT2D eigenvalue weighted by molar-refractivity contribution is -0.137. The van der Waals surface area contributed by atoms with Crippen molar-refractivity contribution in [2.75, 3.05) is 41.8 Å². The number of urea groups is 1. The van der Waals surface area contributed by atoms with Gasteiger partial charge >= 0.3 is 12.2 Å². The third-order valence-corrected chi connectivity index (χ3v) is 7.78. The molecule has 2 aliphatic heterocycles. The molecule has 0 radical (unpaired) electrons. The molecule has 0 unspecified atom stereocenters. The summed E-state index contributed by atoms with van der Waals surface area (Å²) >= 11 is 0. The SMILES string of the molecule is O=C(Nc1cccc(C(F)(F)F)c1)Nc1ccc(N2CCC(Cc3ccccc3)CC2)c(C(=O)NC[C@@H]2CCCO2)c1. The zero-order valence-corrected chi connectivity index (χ0v) is 23.3. The molecular formula is C32H35F3N4O3. The number of ether oxygens (including phenoxy) is 1. The number of amides is 3. The van der Waals surface area contributed by atoms with Gasteiger partial charge in [-0.05, 0) is 80.0 Å². The number of anilines is 3. The summed E-state index contributed by atoms with van der Waals surface area (Å²) in [5, 5.41) is 8.07. The smallest absolute Gasteiger partial charge is 0.376 e. The third-order valence-electron chi connectivity index (χ3n) is 7.78. The van der Waals surface area contributed by atoms with Crippen molar-refractivity contribution in [2.24, 2.45) is 5.92 Å². The highest BCUT2D eigenvalue weighted by Crippen LogP contribution is 2.32. The van der Waals surface area contributed by atoms with Gasteiger partial charge in [0.1, 0.15) is 0 Å². The van der Waals surface area contributed by atoms with E-state index in [1.807, 2.05) is 12.1 Å². The number of hydrogen-bond donors (Lipinski definition) is 3. The first-order chi connectivity index (χ1) is 20.2. The van der Waals surface area contributed by atoms with Gasteiger partial charge in [-0.15, -0.1) is 0 Å². The zero-order chi connectivity index (χ0) is 29.5. The van der Waals surface area contributed by atoms with Crippen molar-refractivity contribution in [3.05, 3.63) is 89.5 Å². The predicted molar refractivity (Wildman–Crippen MR) is 157 cm³/mol. The lowest BCUT2D eigenvalue weighted by Gasteiger charge is -2.35. The highest BCUT2D eigenvalue weighted by atomic mass is 19.4. The zero-order valence-electron chi connectivity index (χ0n) is 23.3. The maximum Gasteiger partial charge on any atom is 0.416 e. The number of alkyl halides is 3. The van der Waals surface area contributed by atoms with Crippen LogP contribution in [0.3, 0.4) is 0 Å². The topological polar surface area (TPSA) is 82.7 Å². The second kappa shape index (κ2) is 13.3. The number of halogens is 3. The fourth-order valence-corrected chi connectivity index (χ4v) is 5.57. The molecule has 222 valence electrons. The first-order valence-corrected chi connectivity index (χ1v) is 14.3. The molecule has 2 fully saturated rings. The Morgan fingerprint density at radius 2 is 1.62 bits per heavy atom. The van der Waals surface area contributed by atoms with Crippen molar-refractivity contribution in [3.8, 4) is 0 Å². The highest BCUT2D eigenvalue weighted by Gasteiger charge is 2.30. The highest BCUT2D eigenvalue weighted by molar-refractivity contribution is 6.04. The quantitative estimate of drug-likeness (QED) is 0.276. The lowest BCUT2D eigenvalue weighted by Crippen LogP contribution is -2.37. The maximum absolute atomic E-state index is 13.4. The summed E-state index contributed by atoms with van der Waals surface area (Å²) in [4.78, 5) is 28.3. The fourth-order valence-electron chi connectivity index (χ4n) is 5.57. The van der Waals surface area contributed by atoms with E-state index in [-0.39, 0.29) is 17.7 Å². The van der Waals surface area contributed by atoms with Crippen LogP contribution in [0.25, 0.3) is 0 Å². The molecule has 5 rings (SSSR count). The normalized spacial score (nSPS) is 17.6. The van der Waals surface area contributed by atoms with Gasteiger partial charge in [-0.3, -0.25) is 4.79 Å². The average molecular weight is 581 g/mol. The Labute approximate surface area is 243 Å². The van der Waals surface area contributed by atoms with Gasteiger partial charge in [-0.25, -0.2) is 4.79 Å². The van der Waals surface area contributed by atoms with Crippen LogP contribution in [0.15, 0.2) is 72.8 Å². The van der Waals surface area contributed by atoms with E-state index in [2.05, 4.69) is 45.1 Å². The summed E-state index contributed by atoms with van der Waals surface area (Å²) in [6.45, 7) is 2.67. The van der Waals surface area contributed by atoms with E-state index in [1.165, 1.54) is 17.7 Å². The molecule has 7 nitrogen and oxygen atoms in total. The van der Waals surface area contributed by atoms with Crippen LogP contribution in [0.2, 0.25) is 0 Å². The average Bonchev–Trinajstić information content (AvgIpc) is 3.50. The number of benzene rings is 3. The molecule has 0 aromatic heterocycles. The minimum Gasteiger partial charge on any atom is -0.376 e. The molecule has 2 aliphatic rings. The molecule has 10 heteroatoms. The van der Waals surface area contributed by atoms with E-state index < -0.39 is 17.8 Å². The van der Waals surface area contributed by atoms with Crippen LogP contribution in [0.1, 0.15) is 47.2 Å². The Morgan fingerprint density at radius 3 is 2.31 bits per heavy atom. The number of piperidine rings is 1. The standard InChI is InChI=1S/C32H35F3N4O3/c33-32(34,35)24-8-4-9-25(19-24)37-31(41)38-26-11-12-29(28(20-26)30(40)36-21-27-10-5-17-42-27)39-15-13-23(14-16-39)18-22-6-2-1-3-7-22/h1-4,6-9,11-12,19-20,23,27H,5,10,13-18,21H2,(H,36,40)(H2,37,38,41)/t27-/m0/s1. The number of nitrogens with one attached hydrogen (secondary N) is 3. The summed E-state index contributed by atoms with van der Waals surface area (Å²) in [5.41, 5.74) is 2.02. The molecule has 1 atom stereocenters. The largest absolute Gasteiger partial charge is 0.416 e. The van der Waals surface area contributed by atoms with Crippen LogP contribution < -0.4 is 20.9 Å². The minimum absolute atomic E-state index is 0.00634. The number of carbonyl (C=O) groups excluding carboxylic acids is 2. The van der Waals surface area contributed by atoms with E-state index in [9.17, 15) is 22.8 Å². The van der Waals surface area contributed by atoms with Crippen molar-refractivity contribution < 1.29 is 27.5 Å². The molecule has 0 aliphatic carbocycles. The van der Waals surface area contributed by atoms with E-state index >= 15 is 0 Å². The van der Waals surface area contributed by atoms with Gasteiger partial charge < -0.3 is 25.6 Å². The van der Waals surface area contributed by atoms with Gasteiger partial charge in [-0.2, -0.15) is 13.2 Å². The molecule has 2 heterocycles. The summed E-state index contributed by atoms with van der Waals surface area (Å²) in [6, 6.07) is 19.3. The van der Waals surface area contributed by atoms with E-state index in [1.54, 1.807) is 12.1 Å². The lowest BCUT2D eigenvalue weighted by atomic mass is 9.89. The van der Waals surface area contributed by atoms with Gasteiger partial charge in [0.2, 0.25) is 0 Å². The van der Waals surface area contributed by atoms with Gasteiger partial charge in [-0.1, -0.05) is 36.4 Å². The molecular weight excluding hydrogens is 545 g/mol. The van der Waals surface area contributed by atoms with Crippen LogP contribution in [0.4, 0.5) is 35.0 Å². The Balaban J connectivity index is 1.28. The summed E-state index contributed by atoms with van der Waals surface area (Å²) < 4.78 is 44.8. The molecule has 0 spiro atoms. The maximum atomic E-state index is 13.4. The molecule has 2 saturated heterocycles. The molecule has 42 heavy (non-hydrogen) atoms.